The predicted molar refractivity (Wildman–Crippen MR) is 110 cm³/mol. The zero-order valence-electron chi connectivity index (χ0n) is 16.3. The fraction of sp³-hybridized carbons (Fsp3) is 0.250. The molecular formula is C24H23NO4. The number of ether oxygens (including phenoxy) is 2. The van der Waals surface area contributed by atoms with E-state index in [1.807, 2.05) is 43.3 Å². The summed E-state index contributed by atoms with van der Waals surface area (Å²) in [5, 5.41) is 9.37. The molecule has 0 amide bonds. The first-order valence-corrected chi connectivity index (χ1v) is 9.77. The minimum atomic E-state index is -0.910. The van der Waals surface area contributed by atoms with E-state index in [2.05, 4.69) is 11.1 Å². The summed E-state index contributed by atoms with van der Waals surface area (Å²) in [6.07, 6.45) is 5.60. The van der Waals surface area contributed by atoms with E-state index in [1.165, 1.54) is 11.8 Å². The van der Waals surface area contributed by atoms with Gasteiger partial charge in [0.05, 0.1) is 12.2 Å². The van der Waals surface area contributed by atoms with Crippen molar-refractivity contribution in [2.45, 2.75) is 32.1 Å². The van der Waals surface area contributed by atoms with Crippen LogP contribution >= 0.6 is 0 Å². The highest BCUT2D eigenvalue weighted by molar-refractivity contribution is 5.89. The molecule has 0 saturated heterocycles. The Morgan fingerprint density at radius 2 is 1.97 bits per heavy atom. The first-order chi connectivity index (χ1) is 14.1. The first-order valence-electron chi connectivity index (χ1n) is 9.77. The number of aryl methyl sites for hydroxylation is 2. The maximum atomic E-state index is 11.4. The summed E-state index contributed by atoms with van der Waals surface area (Å²) in [5.41, 5.74) is 3.43. The second-order valence-electron chi connectivity index (χ2n) is 7.33. The molecule has 0 spiro atoms. The molecule has 2 aromatic carbocycles. The molecule has 1 N–H and O–H groups in total. The van der Waals surface area contributed by atoms with Crippen molar-refractivity contribution >= 4 is 5.97 Å². The lowest BCUT2D eigenvalue weighted by Gasteiger charge is -2.26. The van der Waals surface area contributed by atoms with Crippen LogP contribution in [0, 0.1) is 6.92 Å². The maximum absolute atomic E-state index is 11.4. The highest BCUT2D eigenvalue weighted by Crippen LogP contribution is 2.39. The highest BCUT2D eigenvalue weighted by Gasteiger charge is 2.23. The Balaban J connectivity index is 1.48. The molecule has 0 fully saturated rings. The molecule has 1 unspecified atom stereocenters. The topological polar surface area (TPSA) is 68.7 Å². The number of hydrogen-bond acceptors (Lipinski definition) is 4. The Morgan fingerprint density at radius 3 is 2.76 bits per heavy atom. The van der Waals surface area contributed by atoms with Crippen LogP contribution in [0.25, 0.3) is 0 Å². The van der Waals surface area contributed by atoms with Gasteiger partial charge in [-0.05, 0) is 67.5 Å². The molecule has 5 heteroatoms. The standard InChI is InChI=1S/C24H23NO4/c1-16-2-6-19(7-3-16)29-20-8-9-21-17(11-13-28-23(21)14-20)4-5-18-15-25-12-10-22(18)24(26)27/h2-3,6-10,12,14-15,17H,4-5,11,13H2,1H3,(H,26,27). The number of rotatable bonds is 6. The number of carbonyl (C=O) groups is 1. The predicted octanol–water partition coefficient (Wildman–Crippen LogP) is 5.38. The lowest BCUT2D eigenvalue weighted by Crippen LogP contribution is -2.15. The van der Waals surface area contributed by atoms with Crippen LogP contribution in [-0.4, -0.2) is 22.7 Å². The third-order valence-corrected chi connectivity index (χ3v) is 5.30. The van der Waals surface area contributed by atoms with Crippen LogP contribution in [-0.2, 0) is 6.42 Å². The molecule has 1 atom stereocenters. The van der Waals surface area contributed by atoms with E-state index in [4.69, 9.17) is 9.47 Å². The zero-order chi connectivity index (χ0) is 20.2. The number of aromatic nitrogens is 1. The second kappa shape index (κ2) is 8.35. The molecular weight excluding hydrogens is 366 g/mol. The Hall–Kier alpha value is -3.34. The lowest BCUT2D eigenvalue weighted by atomic mass is 9.87. The summed E-state index contributed by atoms with van der Waals surface area (Å²) in [6, 6.07) is 15.5. The molecule has 5 nitrogen and oxygen atoms in total. The number of nitrogens with zero attached hydrogens (tertiary/aromatic N) is 1. The minimum Gasteiger partial charge on any atom is -0.493 e. The average molecular weight is 389 g/mol. The van der Waals surface area contributed by atoms with Gasteiger partial charge in [-0.1, -0.05) is 23.8 Å². The summed E-state index contributed by atoms with van der Waals surface area (Å²) < 4.78 is 11.8. The summed E-state index contributed by atoms with van der Waals surface area (Å²) in [6.45, 7) is 2.69. The normalized spacial score (nSPS) is 15.3. The third kappa shape index (κ3) is 4.40. The van der Waals surface area contributed by atoms with Crippen LogP contribution in [0.5, 0.6) is 17.2 Å². The van der Waals surface area contributed by atoms with Crippen LogP contribution in [0.1, 0.15) is 45.8 Å². The van der Waals surface area contributed by atoms with Crippen LogP contribution in [0.4, 0.5) is 0 Å². The highest BCUT2D eigenvalue weighted by atomic mass is 16.5. The first kappa shape index (κ1) is 19.0. The molecule has 1 aromatic heterocycles. The number of hydrogen-bond donors (Lipinski definition) is 1. The summed E-state index contributed by atoms with van der Waals surface area (Å²) in [4.78, 5) is 15.5. The lowest BCUT2D eigenvalue weighted by molar-refractivity contribution is 0.0695. The molecule has 0 bridgehead atoms. The molecule has 29 heavy (non-hydrogen) atoms. The molecule has 0 saturated carbocycles. The molecule has 2 heterocycles. The molecule has 0 aliphatic carbocycles. The van der Waals surface area contributed by atoms with E-state index in [-0.39, 0.29) is 0 Å². The van der Waals surface area contributed by atoms with Gasteiger partial charge < -0.3 is 14.6 Å². The van der Waals surface area contributed by atoms with Crippen molar-refractivity contribution in [2.75, 3.05) is 6.61 Å². The van der Waals surface area contributed by atoms with Gasteiger partial charge in [-0.15, -0.1) is 0 Å². The van der Waals surface area contributed by atoms with E-state index in [0.717, 1.165) is 41.2 Å². The molecule has 148 valence electrons. The van der Waals surface area contributed by atoms with Crippen LogP contribution < -0.4 is 9.47 Å². The third-order valence-electron chi connectivity index (χ3n) is 5.30. The van der Waals surface area contributed by atoms with Gasteiger partial charge in [0.25, 0.3) is 0 Å². The van der Waals surface area contributed by atoms with Crippen molar-refractivity contribution in [1.29, 1.82) is 0 Å². The SMILES string of the molecule is Cc1ccc(Oc2ccc3c(c2)OCCC3CCc2cnccc2C(=O)O)cc1. The number of fused-ring (bicyclic) bond motifs is 1. The number of benzene rings is 2. The van der Waals surface area contributed by atoms with Crippen molar-refractivity contribution in [3.8, 4) is 17.2 Å². The van der Waals surface area contributed by atoms with Crippen molar-refractivity contribution in [3.63, 3.8) is 0 Å². The number of carboxylic acid groups (broad SMARTS) is 1. The Bertz CT molecular complexity index is 1010. The van der Waals surface area contributed by atoms with Crippen molar-refractivity contribution in [3.05, 3.63) is 83.2 Å². The summed E-state index contributed by atoms with van der Waals surface area (Å²) in [5.74, 6) is 1.78. The van der Waals surface area contributed by atoms with Gasteiger partial charge in [-0.3, -0.25) is 4.98 Å². The van der Waals surface area contributed by atoms with E-state index in [0.29, 0.717) is 24.5 Å². The second-order valence-corrected chi connectivity index (χ2v) is 7.33. The Labute approximate surface area is 169 Å². The van der Waals surface area contributed by atoms with Crippen LogP contribution in [0.3, 0.4) is 0 Å². The van der Waals surface area contributed by atoms with Gasteiger partial charge in [0.1, 0.15) is 17.2 Å². The van der Waals surface area contributed by atoms with Gasteiger partial charge in [0, 0.05) is 18.5 Å². The van der Waals surface area contributed by atoms with Gasteiger partial charge in [-0.2, -0.15) is 0 Å². The van der Waals surface area contributed by atoms with E-state index < -0.39 is 5.97 Å². The number of carboxylic acids is 1. The maximum Gasteiger partial charge on any atom is 0.336 e. The Morgan fingerprint density at radius 1 is 1.17 bits per heavy atom. The monoisotopic (exact) mass is 389 g/mol. The minimum absolute atomic E-state index is 0.314. The van der Waals surface area contributed by atoms with E-state index in [9.17, 15) is 9.90 Å². The van der Waals surface area contributed by atoms with Gasteiger partial charge in [0.15, 0.2) is 0 Å². The van der Waals surface area contributed by atoms with Crippen molar-refractivity contribution in [2.24, 2.45) is 0 Å². The number of pyridine rings is 1. The van der Waals surface area contributed by atoms with Gasteiger partial charge in [-0.25, -0.2) is 4.79 Å². The molecule has 1 aliphatic rings. The smallest absolute Gasteiger partial charge is 0.336 e. The molecule has 4 rings (SSSR count). The number of aromatic carboxylic acids is 1. The largest absolute Gasteiger partial charge is 0.493 e. The fourth-order valence-corrected chi connectivity index (χ4v) is 3.71. The molecule has 1 aliphatic heterocycles. The van der Waals surface area contributed by atoms with Gasteiger partial charge >= 0.3 is 5.97 Å². The molecule has 3 aromatic rings. The van der Waals surface area contributed by atoms with E-state index >= 15 is 0 Å². The van der Waals surface area contributed by atoms with E-state index in [1.54, 1.807) is 12.3 Å². The quantitative estimate of drug-likeness (QED) is 0.613. The van der Waals surface area contributed by atoms with Crippen LogP contribution in [0.15, 0.2) is 60.9 Å². The summed E-state index contributed by atoms with van der Waals surface area (Å²) >= 11 is 0. The van der Waals surface area contributed by atoms with Gasteiger partial charge in [0.2, 0.25) is 0 Å². The Kier molecular flexibility index (Phi) is 5.47. The fourth-order valence-electron chi connectivity index (χ4n) is 3.71. The molecule has 0 radical (unpaired) electrons. The van der Waals surface area contributed by atoms with Crippen molar-refractivity contribution < 1.29 is 19.4 Å². The summed E-state index contributed by atoms with van der Waals surface area (Å²) in [7, 11) is 0. The van der Waals surface area contributed by atoms with Crippen LogP contribution in [0.2, 0.25) is 0 Å². The average Bonchev–Trinajstić information content (AvgIpc) is 2.74. The van der Waals surface area contributed by atoms with Crippen molar-refractivity contribution in [1.82, 2.24) is 4.98 Å². The zero-order valence-corrected chi connectivity index (χ0v) is 16.3.